The van der Waals surface area contributed by atoms with Gasteiger partial charge in [0.1, 0.15) is 10.6 Å². The third kappa shape index (κ3) is 2.86. The number of halogens is 1. The summed E-state index contributed by atoms with van der Waals surface area (Å²) in [5, 5.41) is 3.33. The largest absolute Gasteiger partial charge is 0.380 e. The highest BCUT2D eigenvalue weighted by Crippen LogP contribution is 2.28. The lowest BCUT2D eigenvalue weighted by molar-refractivity contribution is 0.154. The van der Waals surface area contributed by atoms with Crippen LogP contribution in [-0.2, 0) is 4.74 Å². The van der Waals surface area contributed by atoms with Crippen molar-refractivity contribution in [2.24, 2.45) is 0 Å². The van der Waals surface area contributed by atoms with Crippen LogP contribution in [-0.4, -0.2) is 36.8 Å². The predicted molar refractivity (Wildman–Crippen MR) is 72.2 cm³/mol. The van der Waals surface area contributed by atoms with Crippen molar-refractivity contribution >= 4 is 39.0 Å². The van der Waals surface area contributed by atoms with Crippen molar-refractivity contribution in [2.45, 2.75) is 6.92 Å². The molecule has 2 aromatic heterocycles. The molecule has 0 aliphatic carbocycles. The van der Waals surface area contributed by atoms with E-state index in [9.17, 15) is 0 Å². The molecule has 0 atom stereocenters. The van der Waals surface area contributed by atoms with Crippen LogP contribution in [0.2, 0.25) is 5.28 Å². The van der Waals surface area contributed by atoms with E-state index in [0.717, 1.165) is 29.2 Å². The molecular formula is C11H14ClN3OS. The number of hydrogen-bond donors (Lipinski definition) is 0. The lowest BCUT2D eigenvalue weighted by Gasteiger charge is -2.18. The van der Waals surface area contributed by atoms with Gasteiger partial charge in [0.05, 0.1) is 12.0 Å². The number of nitrogens with zero attached hydrogens (tertiary/aromatic N) is 3. The number of hydrogen-bond acceptors (Lipinski definition) is 5. The summed E-state index contributed by atoms with van der Waals surface area (Å²) in [6, 6.07) is 2.02. The van der Waals surface area contributed by atoms with Crippen molar-refractivity contribution in [1.29, 1.82) is 0 Å². The second kappa shape index (κ2) is 5.62. The highest BCUT2D eigenvalue weighted by Gasteiger charge is 2.11. The van der Waals surface area contributed by atoms with Gasteiger partial charge in [-0.1, -0.05) is 0 Å². The van der Waals surface area contributed by atoms with Crippen LogP contribution in [0.3, 0.4) is 0 Å². The zero-order chi connectivity index (χ0) is 12.3. The maximum atomic E-state index is 5.91. The molecule has 0 aromatic carbocycles. The zero-order valence-corrected chi connectivity index (χ0v) is 11.4. The number of likely N-dealkylation sites (N-methyl/N-ethyl adjacent to an activating group) is 1. The molecule has 4 nitrogen and oxygen atoms in total. The minimum absolute atomic E-state index is 0.290. The standard InChI is InChI=1S/C11H14ClN3OS/c1-3-16-6-5-15(2)9-8-4-7-17-10(8)14-11(12)13-9/h4,7H,3,5-6H2,1-2H3. The van der Waals surface area contributed by atoms with Crippen LogP contribution in [0.15, 0.2) is 11.4 Å². The molecule has 0 amide bonds. The number of aromatic nitrogens is 2. The molecule has 0 saturated heterocycles. The van der Waals surface area contributed by atoms with Crippen molar-refractivity contribution in [3.8, 4) is 0 Å². The molecule has 6 heteroatoms. The van der Waals surface area contributed by atoms with Gasteiger partial charge in [-0.2, -0.15) is 4.98 Å². The highest BCUT2D eigenvalue weighted by atomic mass is 35.5. The fraction of sp³-hybridized carbons (Fsp3) is 0.455. The Morgan fingerprint density at radius 1 is 1.47 bits per heavy atom. The summed E-state index contributed by atoms with van der Waals surface area (Å²) in [6.45, 7) is 4.18. The van der Waals surface area contributed by atoms with Gasteiger partial charge >= 0.3 is 0 Å². The monoisotopic (exact) mass is 271 g/mol. The smallest absolute Gasteiger partial charge is 0.225 e. The second-order valence-corrected chi connectivity index (χ2v) is 4.81. The van der Waals surface area contributed by atoms with Gasteiger partial charge in [-0.3, -0.25) is 0 Å². The Morgan fingerprint density at radius 3 is 3.06 bits per heavy atom. The number of ether oxygens (including phenoxy) is 1. The number of rotatable bonds is 5. The molecule has 0 spiro atoms. The molecule has 2 aromatic rings. The van der Waals surface area contributed by atoms with Crippen LogP contribution >= 0.6 is 22.9 Å². The quantitative estimate of drug-likeness (QED) is 0.619. The molecule has 0 unspecified atom stereocenters. The lowest BCUT2D eigenvalue weighted by Crippen LogP contribution is -2.23. The molecule has 2 rings (SSSR count). The minimum atomic E-state index is 0.290. The number of fused-ring (bicyclic) bond motifs is 1. The normalized spacial score (nSPS) is 11.0. The third-order valence-corrected chi connectivity index (χ3v) is 3.39. The minimum Gasteiger partial charge on any atom is -0.380 e. The van der Waals surface area contributed by atoms with Crippen LogP contribution in [0.1, 0.15) is 6.92 Å². The van der Waals surface area contributed by atoms with E-state index in [4.69, 9.17) is 16.3 Å². The Labute approximate surface area is 109 Å². The molecule has 0 saturated carbocycles. The van der Waals surface area contributed by atoms with Crippen LogP contribution in [0, 0.1) is 0 Å². The first-order valence-corrected chi connectivity index (χ1v) is 6.67. The van der Waals surface area contributed by atoms with Gasteiger partial charge in [0.25, 0.3) is 0 Å². The van der Waals surface area contributed by atoms with Crippen molar-refractivity contribution in [3.05, 3.63) is 16.7 Å². The first-order chi connectivity index (χ1) is 8.22. The van der Waals surface area contributed by atoms with Gasteiger partial charge < -0.3 is 9.64 Å². The van der Waals surface area contributed by atoms with Crippen LogP contribution < -0.4 is 4.90 Å². The van der Waals surface area contributed by atoms with Gasteiger partial charge in [-0.15, -0.1) is 11.3 Å². The van der Waals surface area contributed by atoms with Crippen molar-refractivity contribution in [2.75, 3.05) is 31.7 Å². The van der Waals surface area contributed by atoms with Crippen LogP contribution in [0.25, 0.3) is 10.2 Å². The summed E-state index contributed by atoms with van der Waals surface area (Å²) >= 11 is 7.48. The molecular weight excluding hydrogens is 258 g/mol. The summed E-state index contributed by atoms with van der Waals surface area (Å²) in [4.78, 5) is 11.4. The van der Waals surface area contributed by atoms with Gasteiger partial charge in [0, 0.05) is 20.2 Å². The topological polar surface area (TPSA) is 38.2 Å². The van der Waals surface area contributed by atoms with Crippen molar-refractivity contribution < 1.29 is 4.74 Å². The van der Waals surface area contributed by atoms with E-state index < -0.39 is 0 Å². The van der Waals surface area contributed by atoms with E-state index in [-0.39, 0.29) is 0 Å². The van der Waals surface area contributed by atoms with Gasteiger partial charge in [0.15, 0.2) is 0 Å². The van der Waals surface area contributed by atoms with Crippen LogP contribution in [0.5, 0.6) is 0 Å². The fourth-order valence-corrected chi connectivity index (χ4v) is 2.53. The lowest BCUT2D eigenvalue weighted by atomic mass is 10.3. The predicted octanol–water partition coefficient (Wildman–Crippen LogP) is 2.82. The van der Waals surface area contributed by atoms with E-state index in [1.54, 1.807) is 11.3 Å². The van der Waals surface area contributed by atoms with Crippen molar-refractivity contribution in [3.63, 3.8) is 0 Å². The average Bonchev–Trinajstić information content (AvgIpc) is 2.75. The van der Waals surface area contributed by atoms with E-state index in [1.807, 2.05) is 30.3 Å². The molecule has 92 valence electrons. The van der Waals surface area contributed by atoms with E-state index in [2.05, 4.69) is 9.97 Å². The fourth-order valence-electron chi connectivity index (χ4n) is 1.56. The molecule has 0 fully saturated rings. The Morgan fingerprint density at radius 2 is 2.29 bits per heavy atom. The second-order valence-electron chi connectivity index (χ2n) is 3.57. The first-order valence-electron chi connectivity index (χ1n) is 5.42. The summed E-state index contributed by atoms with van der Waals surface area (Å²) in [5.74, 6) is 0.862. The number of anilines is 1. The molecule has 0 aliphatic heterocycles. The zero-order valence-electron chi connectivity index (χ0n) is 9.81. The van der Waals surface area contributed by atoms with Crippen molar-refractivity contribution in [1.82, 2.24) is 9.97 Å². The molecule has 0 radical (unpaired) electrons. The maximum absolute atomic E-state index is 5.91. The molecule has 0 bridgehead atoms. The summed E-state index contributed by atoms with van der Waals surface area (Å²) < 4.78 is 5.33. The Balaban J connectivity index is 2.24. The SMILES string of the molecule is CCOCCN(C)c1nc(Cl)nc2sccc12. The first kappa shape index (κ1) is 12.5. The molecule has 0 N–H and O–H groups in total. The summed E-state index contributed by atoms with van der Waals surface area (Å²) in [7, 11) is 1.98. The van der Waals surface area contributed by atoms with Gasteiger partial charge in [-0.05, 0) is 30.0 Å². The van der Waals surface area contributed by atoms with E-state index in [1.165, 1.54) is 0 Å². The number of thiophene rings is 1. The summed E-state index contributed by atoms with van der Waals surface area (Å²) in [5.41, 5.74) is 0. The van der Waals surface area contributed by atoms with E-state index >= 15 is 0 Å². The van der Waals surface area contributed by atoms with E-state index in [0.29, 0.717) is 11.9 Å². The Hall–Kier alpha value is -0.910. The van der Waals surface area contributed by atoms with Gasteiger partial charge in [-0.25, -0.2) is 4.98 Å². The Kier molecular flexibility index (Phi) is 4.15. The molecule has 17 heavy (non-hydrogen) atoms. The Bertz CT molecular complexity index is 502. The third-order valence-electron chi connectivity index (χ3n) is 2.41. The highest BCUT2D eigenvalue weighted by molar-refractivity contribution is 7.16. The summed E-state index contributed by atoms with van der Waals surface area (Å²) in [6.07, 6.45) is 0. The maximum Gasteiger partial charge on any atom is 0.225 e. The molecule has 2 heterocycles. The molecule has 0 aliphatic rings. The van der Waals surface area contributed by atoms with Gasteiger partial charge in [0.2, 0.25) is 5.28 Å². The average molecular weight is 272 g/mol. The van der Waals surface area contributed by atoms with Crippen LogP contribution in [0.4, 0.5) is 5.82 Å².